The number of benzene rings is 2. The Labute approximate surface area is 182 Å². The zero-order valence-electron chi connectivity index (χ0n) is 17.6. The summed E-state index contributed by atoms with van der Waals surface area (Å²) < 4.78 is 0. The van der Waals surface area contributed by atoms with Crippen molar-refractivity contribution in [2.24, 2.45) is 0 Å². The average Bonchev–Trinajstić information content (AvgIpc) is 3.25. The molecule has 0 bridgehead atoms. The van der Waals surface area contributed by atoms with Gasteiger partial charge in [0.15, 0.2) is 0 Å². The minimum absolute atomic E-state index is 0.140. The number of likely N-dealkylation sites (N-methyl/N-ethyl adjacent to an activating group) is 1. The van der Waals surface area contributed by atoms with Gasteiger partial charge in [-0.25, -0.2) is 4.98 Å². The molecule has 0 aliphatic carbocycles. The maximum absolute atomic E-state index is 12.9. The topological polar surface area (TPSA) is 39.7 Å². The van der Waals surface area contributed by atoms with Crippen LogP contribution in [0.4, 0.5) is 0 Å². The number of amides is 1. The number of carbonyl (C=O) groups is 1. The van der Waals surface area contributed by atoms with Gasteiger partial charge in [-0.15, -0.1) is 11.3 Å². The highest BCUT2D eigenvalue weighted by molar-refractivity contribution is 7.13. The predicted molar refractivity (Wildman–Crippen MR) is 122 cm³/mol. The predicted octanol–water partition coefficient (Wildman–Crippen LogP) is 3.76. The fourth-order valence-corrected chi connectivity index (χ4v) is 4.71. The van der Waals surface area contributed by atoms with E-state index in [4.69, 9.17) is 4.98 Å². The van der Waals surface area contributed by atoms with E-state index in [2.05, 4.69) is 39.4 Å². The molecule has 0 spiro atoms. The lowest BCUT2D eigenvalue weighted by molar-refractivity contribution is -0.135. The molecule has 1 aliphatic heterocycles. The first-order chi connectivity index (χ1) is 14.6. The van der Waals surface area contributed by atoms with Crippen LogP contribution >= 0.6 is 11.3 Å². The van der Waals surface area contributed by atoms with Crippen molar-refractivity contribution >= 4 is 17.2 Å². The lowest BCUT2D eigenvalue weighted by atomic mass is 10.0. The molecule has 5 nitrogen and oxygen atoms in total. The lowest BCUT2D eigenvalue weighted by Crippen LogP contribution is -2.50. The maximum atomic E-state index is 12.9. The number of thiazole rings is 1. The Bertz CT molecular complexity index is 950. The number of rotatable bonds is 6. The second-order valence-corrected chi connectivity index (χ2v) is 8.73. The third-order valence-electron chi connectivity index (χ3n) is 5.52. The molecule has 3 aromatic rings. The van der Waals surface area contributed by atoms with Gasteiger partial charge in [-0.2, -0.15) is 0 Å². The van der Waals surface area contributed by atoms with Crippen molar-refractivity contribution in [1.82, 2.24) is 19.7 Å². The molecular weight excluding hydrogens is 392 g/mol. The Balaban J connectivity index is 1.39. The molecule has 0 radical (unpaired) electrons. The lowest BCUT2D eigenvalue weighted by Gasteiger charge is -2.39. The highest BCUT2D eigenvalue weighted by Gasteiger charge is 2.31. The van der Waals surface area contributed by atoms with Crippen molar-refractivity contribution in [2.45, 2.75) is 12.6 Å². The maximum Gasteiger partial charge on any atom is 0.244 e. The third kappa shape index (κ3) is 4.78. The van der Waals surface area contributed by atoms with E-state index in [1.807, 2.05) is 50.5 Å². The number of nitrogens with zero attached hydrogens (tertiary/aromatic N) is 4. The van der Waals surface area contributed by atoms with E-state index >= 15 is 0 Å². The zero-order chi connectivity index (χ0) is 20.9. The minimum Gasteiger partial charge on any atom is -0.347 e. The highest BCUT2D eigenvalue weighted by Crippen LogP contribution is 2.26. The van der Waals surface area contributed by atoms with Crippen molar-refractivity contribution in [3.05, 3.63) is 77.3 Å². The molecule has 0 unspecified atom stereocenters. The van der Waals surface area contributed by atoms with Crippen LogP contribution in [-0.2, 0) is 11.3 Å². The van der Waals surface area contributed by atoms with Crippen LogP contribution in [0.2, 0.25) is 0 Å². The van der Waals surface area contributed by atoms with Gasteiger partial charge in [0.05, 0.1) is 5.69 Å². The van der Waals surface area contributed by atoms with Crippen molar-refractivity contribution < 1.29 is 4.79 Å². The molecule has 1 atom stereocenters. The van der Waals surface area contributed by atoms with Gasteiger partial charge in [0, 0.05) is 57.8 Å². The first kappa shape index (κ1) is 20.7. The number of hydrogen-bond acceptors (Lipinski definition) is 5. The molecular formula is C24H28N4OS. The van der Waals surface area contributed by atoms with E-state index in [1.165, 1.54) is 5.56 Å². The molecule has 2 aromatic carbocycles. The Morgan fingerprint density at radius 3 is 2.27 bits per heavy atom. The van der Waals surface area contributed by atoms with E-state index in [-0.39, 0.29) is 11.9 Å². The van der Waals surface area contributed by atoms with Crippen LogP contribution in [0.15, 0.2) is 66.0 Å². The van der Waals surface area contributed by atoms with E-state index in [1.54, 1.807) is 16.2 Å². The molecule has 4 rings (SSSR count). The van der Waals surface area contributed by atoms with Gasteiger partial charge in [0.25, 0.3) is 0 Å². The van der Waals surface area contributed by atoms with E-state index in [0.717, 1.165) is 49.0 Å². The molecule has 6 heteroatoms. The van der Waals surface area contributed by atoms with Gasteiger partial charge in [-0.05, 0) is 5.56 Å². The Kier molecular flexibility index (Phi) is 6.57. The summed E-state index contributed by atoms with van der Waals surface area (Å²) in [5.41, 5.74) is 3.36. The minimum atomic E-state index is -0.215. The Morgan fingerprint density at radius 2 is 1.63 bits per heavy atom. The van der Waals surface area contributed by atoms with Gasteiger partial charge in [0.2, 0.25) is 5.91 Å². The van der Waals surface area contributed by atoms with Crippen molar-refractivity contribution in [3.8, 4) is 10.6 Å². The van der Waals surface area contributed by atoms with Gasteiger partial charge >= 0.3 is 0 Å². The van der Waals surface area contributed by atoms with Crippen molar-refractivity contribution in [2.75, 3.05) is 40.3 Å². The number of piperazine rings is 1. The highest BCUT2D eigenvalue weighted by atomic mass is 32.1. The molecule has 0 saturated carbocycles. The standard InChI is InChI=1S/C24H28N4OS/c1-26(2)24(29)22(19-9-5-3-6-10-19)28-15-13-27(14-16-28)17-21-18-30-23(25-21)20-11-7-4-8-12-20/h3-12,18,22H,13-17H2,1-2H3/t22-/m0/s1. The SMILES string of the molecule is CN(C)C(=O)[C@H](c1ccccc1)N1CCN(Cc2csc(-c3ccccc3)n2)CC1. The van der Waals surface area contributed by atoms with Crippen LogP contribution in [0, 0.1) is 0 Å². The Hall–Kier alpha value is -2.54. The second kappa shape index (κ2) is 9.51. The van der Waals surface area contributed by atoms with Gasteiger partial charge in [0.1, 0.15) is 11.0 Å². The van der Waals surface area contributed by atoms with Crippen LogP contribution in [0.25, 0.3) is 10.6 Å². The molecule has 156 valence electrons. The monoisotopic (exact) mass is 420 g/mol. The molecule has 30 heavy (non-hydrogen) atoms. The molecule has 0 N–H and O–H groups in total. The van der Waals surface area contributed by atoms with E-state index < -0.39 is 0 Å². The van der Waals surface area contributed by atoms with Crippen LogP contribution in [0.3, 0.4) is 0 Å². The third-order valence-corrected chi connectivity index (χ3v) is 6.46. The summed E-state index contributed by atoms with van der Waals surface area (Å²) in [6.45, 7) is 4.46. The van der Waals surface area contributed by atoms with Crippen LogP contribution in [0.1, 0.15) is 17.3 Å². The van der Waals surface area contributed by atoms with Crippen LogP contribution < -0.4 is 0 Å². The van der Waals surface area contributed by atoms with Gasteiger partial charge < -0.3 is 4.90 Å². The fraction of sp³-hybridized carbons (Fsp3) is 0.333. The summed E-state index contributed by atoms with van der Waals surface area (Å²) in [6, 6.07) is 20.2. The summed E-state index contributed by atoms with van der Waals surface area (Å²) >= 11 is 1.70. The summed E-state index contributed by atoms with van der Waals surface area (Å²) in [5, 5.41) is 3.24. The van der Waals surface area contributed by atoms with Crippen molar-refractivity contribution in [3.63, 3.8) is 0 Å². The molecule has 1 fully saturated rings. The van der Waals surface area contributed by atoms with E-state index in [9.17, 15) is 4.79 Å². The second-order valence-electron chi connectivity index (χ2n) is 7.87. The smallest absolute Gasteiger partial charge is 0.244 e. The number of carbonyl (C=O) groups excluding carboxylic acids is 1. The zero-order valence-corrected chi connectivity index (χ0v) is 18.4. The fourth-order valence-electron chi connectivity index (χ4n) is 3.89. The van der Waals surface area contributed by atoms with E-state index in [0.29, 0.717) is 0 Å². The largest absolute Gasteiger partial charge is 0.347 e. The summed E-state index contributed by atoms with van der Waals surface area (Å²) in [7, 11) is 3.67. The van der Waals surface area contributed by atoms with Crippen LogP contribution in [0.5, 0.6) is 0 Å². The van der Waals surface area contributed by atoms with Gasteiger partial charge in [-0.1, -0.05) is 60.7 Å². The molecule has 2 heterocycles. The normalized spacial score (nSPS) is 16.3. The quantitative estimate of drug-likeness (QED) is 0.609. The summed E-state index contributed by atoms with van der Waals surface area (Å²) in [4.78, 5) is 24.2. The molecule has 1 saturated heterocycles. The summed E-state index contributed by atoms with van der Waals surface area (Å²) in [6.07, 6.45) is 0. The first-order valence-corrected chi connectivity index (χ1v) is 11.2. The average molecular weight is 421 g/mol. The van der Waals surface area contributed by atoms with Gasteiger partial charge in [-0.3, -0.25) is 14.6 Å². The summed E-state index contributed by atoms with van der Waals surface area (Å²) in [5.74, 6) is 0.140. The number of aromatic nitrogens is 1. The molecule has 1 amide bonds. The molecule has 1 aromatic heterocycles. The number of hydrogen-bond donors (Lipinski definition) is 0. The van der Waals surface area contributed by atoms with Crippen molar-refractivity contribution in [1.29, 1.82) is 0 Å². The molecule has 1 aliphatic rings. The van der Waals surface area contributed by atoms with Crippen LogP contribution in [-0.4, -0.2) is 65.9 Å². The first-order valence-electron chi connectivity index (χ1n) is 10.3. The Morgan fingerprint density at radius 1 is 1.00 bits per heavy atom.